The zero-order valence-electron chi connectivity index (χ0n) is 9.84. The van der Waals surface area contributed by atoms with Crippen LogP contribution in [-0.2, 0) is 4.74 Å². The molecule has 0 heterocycles. The number of carbonyl (C=O) groups excluding carboxylic acids is 1. The van der Waals surface area contributed by atoms with Gasteiger partial charge in [0, 0.05) is 6.54 Å². The summed E-state index contributed by atoms with van der Waals surface area (Å²) in [5.41, 5.74) is 0.503. The molecule has 0 spiro atoms. The number of benzene rings is 1. The fourth-order valence-corrected chi connectivity index (χ4v) is 1.15. The number of carbonyl (C=O) groups is 2. The Morgan fingerprint density at radius 1 is 1.18 bits per heavy atom. The number of likely N-dealkylation sites (N-methyl/N-ethyl adjacent to an activating group) is 1. The Morgan fingerprint density at radius 3 is 2.18 bits per heavy atom. The van der Waals surface area contributed by atoms with Gasteiger partial charge in [0.15, 0.2) is 0 Å². The van der Waals surface area contributed by atoms with Crippen molar-refractivity contribution in [2.24, 2.45) is 0 Å². The molecule has 1 N–H and O–H groups in total. The van der Waals surface area contributed by atoms with E-state index in [9.17, 15) is 9.59 Å². The molecule has 0 aliphatic rings. The van der Waals surface area contributed by atoms with Crippen LogP contribution in [0.25, 0.3) is 0 Å². The lowest BCUT2D eigenvalue weighted by molar-refractivity contribution is 0.0481. The SMILES string of the molecule is CN(C)CCOC(=O)c1ccc(C(=O)O)cc1. The molecule has 0 radical (unpaired) electrons. The Balaban J connectivity index is 2.55. The fraction of sp³-hybridized carbons (Fsp3) is 0.333. The van der Waals surface area contributed by atoms with Gasteiger partial charge in [-0.15, -0.1) is 0 Å². The number of aromatic carboxylic acids is 1. The van der Waals surface area contributed by atoms with E-state index in [-0.39, 0.29) is 5.56 Å². The molecular formula is C12H15NO4. The molecule has 0 saturated heterocycles. The predicted molar refractivity (Wildman–Crippen MR) is 62.2 cm³/mol. The van der Waals surface area contributed by atoms with Gasteiger partial charge in [-0.1, -0.05) is 0 Å². The van der Waals surface area contributed by atoms with Crippen LogP contribution in [0, 0.1) is 0 Å². The van der Waals surface area contributed by atoms with Crippen LogP contribution >= 0.6 is 0 Å². The second-order valence-corrected chi connectivity index (χ2v) is 3.82. The first-order chi connectivity index (χ1) is 8.00. The Hall–Kier alpha value is -1.88. The van der Waals surface area contributed by atoms with Crippen molar-refractivity contribution in [2.45, 2.75) is 0 Å². The van der Waals surface area contributed by atoms with E-state index < -0.39 is 11.9 Å². The number of esters is 1. The molecule has 5 nitrogen and oxygen atoms in total. The topological polar surface area (TPSA) is 66.8 Å². The maximum atomic E-state index is 11.5. The van der Waals surface area contributed by atoms with E-state index in [1.54, 1.807) is 0 Å². The minimum Gasteiger partial charge on any atom is -0.478 e. The highest BCUT2D eigenvalue weighted by molar-refractivity contribution is 5.92. The second-order valence-electron chi connectivity index (χ2n) is 3.82. The number of hydrogen-bond acceptors (Lipinski definition) is 4. The molecule has 0 bridgehead atoms. The van der Waals surface area contributed by atoms with Gasteiger partial charge in [-0.3, -0.25) is 0 Å². The molecule has 0 fully saturated rings. The summed E-state index contributed by atoms with van der Waals surface area (Å²) < 4.78 is 5.01. The highest BCUT2D eigenvalue weighted by Crippen LogP contribution is 2.06. The van der Waals surface area contributed by atoms with E-state index in [4.69, 9.17) is 9.84 Å². The van der Waals surface area contributed by atoms with Crippen LogP contribution < -0.4 is 0 Å². The summed E-state index contributed by atoms with van der Waals surface area (Å²) in [5, 5.41) is 8.70. The zero-order valence-corrected chi connectivity index (χ0v) is 9.84. The first-order valence-corrected chi connectivity index (χ1v) is 5.16. The number of carboxylic acid groups (broad SMARTS) is 1. The van der Waals surface area contributed by atoms with E-state index in [0.29, 0.717) is 18.7 Å². The Morgan fingerprint density at radius 2 is 1.71 bits per heavy atom. The van der Waals surface area contributed by atoms with Gasteiger partial charge in [-0.05, 0) is 38.4 Å². The van der Waals surface area contributed by atoms with Gasteiger partial charge in [0.25, 0.3) is 0 Å². The molecule has 1 aromatic rings. The zero-order chi connectivity index (χ0) is 12.8. The molecular weight excluding hydrogens is 222 g/mol. The van der Waals surface area contributed by atoms with Crippen LogP contribution in [-0.4, -0.2) is 49.2 Å². The summed E-state index contributed by atoms with van der Waals surface area (Å²) in [4.78, 5) is 24.0. The van der Waals surface area contributed by atoms with Crippen molar-refractivity contribution < 1.29 is 19.4 Å². The van der Waals surface area contributed by atoms with Crippen LogP contribution in [0.3, 0.4) is 0 Å². The summed E-state index contributed by atoms with van der Waals surface area (Å²) in [6.45, 7) is 0.964. The predicted octanol–water partition coefficient (Wildman–Crippen LogP) is 1.10. The molecule has 92 valence electrons. The Bertz CT molecular complexity index is 397. The van der Waals surface area contributed by atoms with Crippen LogP contribution in [0.4, 0.5) is 0 Å². The first-order valence-electron chi connectivity index (χ1n) is 5.16. The van der Waals surface area contributed by atoms with Gasteiger partial charge in [0.1, 0.15) is 6.61 Å². The maximum absolute atomic E-state index is 11.5. The molecule has 1 rings (SSSR count). The normalized spacial score (nSPS) is 10.3. The third kappa shape index (κ3) is 4.24. The Labute approximate surface area is 99.6 Å². The van der Waals surface area contributed by atoms with E-state index in [1.807, 2.05) is 19.0 Å². The third-order valence-electron chi connectivity index (χ3n) is 2.14. The van der Waals surface area contributed by atoms with Crippen molar-refractivity contribution in [1.82, 2.24) is 4.90 Å². The monoisotopic (exact) mass is 237 g/mol. The van der Waals surface area contributed by atoms with E-state index in [0.717, 1.165) is 0 Å². The number of carboxylic acids is 1. The number of hydrogen-bond donors (Lipinski definition) is 1. The lowest BCUT2D eigenvalue weighted by Gasteiger charge is -2.09. The van der Waals surface area contributed by atoms with Gasteiger partial charge in [0.05, 0.1) is 11.1 Å². The van der Waals surface area contributed by atoms with E-state index in [1.165, 1.54) is 24.3 Å². The molecule has 5 heteroatoms. The maximum Gasteiger partial charge on any atom is 0.338 e. The van der Waals surface area contributed by atoms with Crippen LogP contribution in [0.15, 0.2) is 24.3 Å². The third-order valence-corrected chi connectivity index (χ3v) is 2.14. The van der Waals surface area contributed by atoms with Crippen molar-refractivity contribution in [3.8, 4) is 0 Å². The van der Waals surface area contributed by atoms with Crippen molar-refractivity contribution in [2.75, 3.05) is 27.2 Å². The van der Waals surface area contributed by atoms with E-state index in [2.05, 4.69) is 0 Å². The molecule has 0 aliphatic heterocycles. The van der Waals surface area contributed by atoms with Crippen molar-refractivity contribution in [3.63, 3.8) is 0 Å². The van der Waals surface area contributed by atoms with Crippen molar-refractivity contribution >= 4 is 11.9 Å². The van der Waals surface area contributed by atoms with Gasteiger partial charge >= 0.3 is 11.9 Å². The fourth-order valence-electron chi connectivity index (χ4n) is 1.15. The molecule has 0 amide bonds. The lowest BCUT2D eigenvalue weighted by Crippen LogP contribution is -2.20. The molecule has 0 aliphatic carbocycles. The standard InChI is InChI=1S/C12H15NO4/c1-13(2)7-8-17-12(16)10-5-3-9(4-6-10)11(14)15/h3-6H,7-8H2,1-2H3,(H,14,15). The first kappa shape index (κ1) is 13.2. The lowest BCUT2D eigenvalue weighted by atomic mass is 10.1. The number of nitrogens with zero attached hydrogens (tertiary/aromatic N) is 1. The molecule has 17 heavy (non-hydrogen) atoms. The van der Waals surface area contributed by atoms with Gasteiger partial charge in [0.2, 0.25) is 0 Å². The van der Waals surface area contributed by atoms with Crippen LogP contribution in [0.5, 0.6) is 0 Å². The highest BCUT2D eigenvalue weighted by atomic mass is 16.5. The quantitative estimate of drug-likeness (QED) is 0.777. The van der Waals surface area contributed by atoms with Crippen molar-refractivity contribution in [1.29, 1.82) is 0 Å². The summed E-state index contributed by atoms with van der Waals surface area (Å²) in [6.07, 6.45) is 0. The molecule has 0 atom stereocenters. The second kappa shape index (κ2) is 6.00. The van der Waals surface area contributed by atoms with Gasteiger partial charge in [-0.25, -0.2) is 9.59 Å². The average molecular weight is 237 g/mol. The smallest absolute Gasteiger partial charge is 0.338 e. The van der Waals surface area contributed by atoms with Gasteiger partial charge < -0.3 is 14.7 Å². The Kier molecular flexibility index (Phi) is 4.66. The summed E-state index contributed by atoms with van der Waals surface area (Å²) in [6, 6.07) is 5.65. The van der Waals surface area contributed by atoms with Crippen LogP contribution in [0.1, 0.15) is 20.7 Å². The highest BCUT2D eigenvalue weighted by Gasteiger charge is 2.08. The number of rotatable bonds is 5. The molecule has 0 saturated carbocycles. The minimum absolute atomic E-state index is 0.148. The van der Waals surface area contributed by atoms with E-state index >= 15 is 0 Å². The average Bonchev–Trinajstić information content (AvgIpc) is 2.28. The van der Waals surface area contributed by atoms with Crippen molar-refractivity contribution in [3.05, 3.63) is 35.4 Å². The summed E-state index contributed by atoms with van der Waals surface area (Å²) >= 11 is 0. The van der Waals surface area contributed by atoms with Crippen LogP contribution in [0.2, 0.25) is 0 Å². The largest absolute Gasteiger partial charge is 0.478 e. The molecule has 0 unspecified atom stereocenters. The number of ether oxygens (including phenoxy) is 1. The summed E-state index contributed by atoms with van der Waals surface area (Å²) in [7, 11) is 3.77. The minimum atomic E-state index is -1.02. The molecule has 1 aromatic carbocycles. The molecule has 0 aromatic heterocycles. The van der Waals surface area contributed by atoms with Gasteiger partial charge in [-0.2, -0.15) is 0 Å². The summed E-state index contributed by atoms with van der Waals surface area (Å²) in [5.74, 6) is -1.46.